The van der Waals surface area contributed by atoms with Gasteiger partial charge in [-0.3, -0.25) is 14.5 Å². The number of aromatic nitrogens is 1. The molecule has 1 aromatic heterocycles. The van der Waals surface area contributed by atoms with Crippen LogP contribution in [-0.4, -0.2) is 59.4 Å². The van der Waals surface area contributed by atoms with Crippen molar-refractivity contribution >= 4 is 28.3 Å². The summed E-state index contributed by atoms with van der Waals surface area (Å²) < 4.78 is 5.62. The van der Waals surface area contributed by atoms with Crippen molar-refractivity contribution in [2.24, 2.45) is 5.92 Å². The summed E-state index contributed by atoms with van der Waals surface area (Å²) in [7, 11) is 0. The smallest absolute Gasteiger partial charge is 0.229 e. The molecule has 7 nitrogen and oxygen atoms in total. The number of piperidine rings is 2. The maximum atomic E-state index is 12.7. The van der Waals surface area contributed by atoms with Gasteiger partial charge in [-0.25, -0.2) is 4.98 Å². The molecule has 0 spiro atoms. The van der Waals surface area contributed by atoms with Gasteiger partial charge in [-0.1, -0.05) is 24.6 Å². The lowest BCUT2D eigenvalue weighted by atomic mass is 9.96. The van der Waals surface area contributed by atoms with Gasteiger partial charge in [0.1, 0.15) is 5.75 Å². The molecule has 0 atom stereocenters. The number of benzene rings is 1. The van der Waals surface area contributed by atoms with Crippen LogP contribution in [0.4, 0.5) is 5.13 Å². The number of carbonyl (C=O) groups excluding carboxylic acids is 2. The Hall–Kier alpha value is -2.45. The van der Waals surface area contributed by atoms with Crippen molar-refractivity contribution in [3.8, 4) is 5.75 Å². The van der Waals surface area contributed by atoms with E-state index in [0.29, 0.717) is 44.1 Å². The van der Waals surface area contributed by atoms with Crippen LogP contribution in [0.3, 0.4) is 0 Å². The van der Waals surface area contributed by atoms with Crippen molar-refractivity contribution in [2.75, 3.05) is 38.1 Å². The fourth-order valence-electron chi connectivity index (χ4n) is 4.31. The number of amides is 2. The molecule has 0 unspecified atom stereocenters. The van der Waals surface area contributed by atoms with Crippen molar-refractivity contribution in [3.63, 3.8) is 0 Å². The quantitative estimate of drug-likeness (QED) is 0.654. The summed E-state index contributed by atoms with van der Waals surface area (Å²) in [4.78, 5) is 34.0. The number of hydrogen-bond donors (Lipinski definition) is 1. The van der Waals surface area contributed by atoms with E-state index in [-0.39, 0.29) is 17.7 Å². The summed E-state index contributed by atoms with van der Waals surface area (Å²) in [6.07, 6.45) is 5.56. The zero-order chi connectivity index (χ0) is 22.2. The fourth-order valence-corrected chi connectivity index (χ4v) is 5.02. The summed E-state index contributed by atoms with van der Waals surface area (Å²) in [5.41, 5.74) is 1.03. The van der Waals surface area contributed by atoms with Gasteiger partial charge in [-0.2, -0.15) is 0 Å². The third-order valence-electron chi connectivity index (χ3n) is 6.16. The van der Waals surface area contributed by atoms with E-state index in [1.165, 1.54) is 30.6 Å². The van der Waals surface area contributed by atoms with Crippen LogP contribution in [-0.2, 0) is 16.1 Å². The summed E-state index contributed by atoms with van der Waals surface area (Å²) >= 11 is 1.49. The molecular weight excluding hydrogens is 424 g/mol. The number of carbonyl (C=O) groups is 2. The highest BCUT2D eigenvalue weighted by atomic mass is 32.1. The highest BCUT2D eigenvalue weighted by Crippen LogP contribution is 2.23. The van der Waals surface area contributed by atoms with Gasteiger partial charge >= 0.3 is 0 Å². The molecule has 172 valence electrons. The van der Waals surface area contributed by atoms with Gasteiger partial charge in [0.25, 0.3) is 0 Å². The molecule has 0 saturated carbocycles. The van der Waals surface area contributed by atoms with Gasteiger partial charge in [-0.15, -0.1) is 11.3 Å². The van der Waals surface area contributed by atoms with Crippen LogP contribution in [0.25, 0.3) is 0 Å². The predicted octanol–water partition coefficient (Wildman–Crippen LogP) is 3.78. The maximum absolute atomic E-state index is 12.7. The number of thiazole rings is 1. The molecule has 2 aliphatic heterocycles. The lowest BCUT2D eigenvalue weighted by molar-refractivity contribution is -0.135. The molecule has 2 amide bonds. The number of nitrogens with zero attached hydrogens (tertiary/aromatic N) is 3. The topological polar surface area (TPSA) is 74.8 Å². The molecule has 2 aromatic rings. The largest absolute Gasteiger partial charge is 0.493 e. The van der Waals surface area contributed by atoms with Gasteiger partial charge < -0.3 is 15.0 Å². The summed E-state index contributed by atoms with van der Waals surface area (Å²) in [5, 5.41) is 5.72. The van der Waals surface area contributed by atoms with Gasteiger partial charge in [0.2, 0.25) is 11.8 Å². The second-order valence-electron chi connectivity index (χ2n) is 8.54. The van der Waals surface area contributed by atoms with E-state index in [0.717, 1.165) is 31.1 Å². The van der Waals surface area contributed by atoms with Crippen LogP contribution in [0, 0.1) is 5.92 Å². The third-order valence-corrected chi connectivity index (χ3v) is 6.97. The van der Waals surface area contributed by atoms with Crippen LogP contribution in [0.1, 0.15) is 44.2 Å². The van der Waals surface area contributed by atoms with Crippen molar-refractivity contribution < 1.29 is 14.3 Å². The molecule has 32 heavy (non-hydrogen) atoms. The summed E-state index contributed by atoms with van der Waals surface area (Å²) in [6, 6.07) is 9.52. The minimum atomic E-state index is -0.0749. The lowest BCUT2D eigenvalue weighted by Crippen LogP contribution is -2.41. The fraction of sp³-hybridized carbons (Fsp3) is 0.542. The minimum absolute atomic E-state index is 0.0170. The molecule has 2 aliphatic rings. The first kappa shape index (κ1) is 22.7. The highest BCUT2D eigenvalue weighted by molar-refractivity contribution is 7.13. The highest BCUT2D eigenvalue weighted by Gasteiger charge is 2.27. The Labute approximate surface area is 193 Å². The number of anilines is 1. The number of rotatable bonds is 8. The van der Waals surface area contributed by atoms with E-state index in [1.807, 2.05) is 40.6 Å². The van der Waals surface area contributed by atoms with E-state index in [2.05, 4.69) is 15.2 Å². The van der Waals surface area contributed by atoms with E-state index in [1.54, 1.807) is 0 Å². The monoisotopic (exact) mass is 456 g/mol. The van der Waals surface area contributed by atoms with Gasteiger partial charge in [-0.05, 0) is 50.9 Å². The average molecular weight is 457 g/mol. The Kier molecular flexibility index (Phi) is 8.12. The van der Waals surface area contributed by atoms with Crippen molar-refractivity contribution in [3.05, 3.63) is 41.4 Å². The Balaban J connectivity index is 1.16. The number of likely N-dealkylation sites (tertiary alicyclic amines) is 2. The second-order valence-corrected chi connectivity index (χ2v) is 9.39. The Morgan fingerprint density at radius 1 is 1.06 bits per heavy atom. The van der Waals surface area contributed by atoms with Crippen LogP contribution in [0.5, 0.6) is 5.75 Å². The summed E-state index contributed by atoms with van der Waals surface area (Å²) in [5.74, 6) is 0.802. The first-order chi connectivity index (χ1) is 15.7. The molecule has 2 saturated heterocycles. The van der Waals surface area contributed by atoms with E-state index < -0.39 is 0 Å². The predicted molar refractivity (Wildman–Crippen MR) is 126 cm³/mol. The lowest BCUT2D eigenvalue weighted by Gasteiger charge is -2.31. The second kappa shape index (κ2) is 11.4. The molecule has 0 bridgehead atoms. The van der Waals surface area contributed by atoms with Gasteiger partial charge in [0.15, 0.2) is 5.13 Å². The molecule has 0 aliphatic carbocycles. The van der Waals surface area contributed by atoms with Crippen molar-refractivity contribution in [1.29, 1.82) is 0 Å². The molecule has 1 N–H and O–H groups in total. The molecular formula is C24H32N4O3S. The SMILES string of the molecule is O=C(Nc1nc(CN2CCCCC2)cs1)C1CCN(C(=O)CCOc2ccccc2)CC1. The van der Waals surface area contributed by atoms with E-state index >= 15 is 0 Å². The average Bonchev–Trinajstić information content (AvgIpc) is 3.27. The number of nitrogens with one attached hydrogen (secondary N) is 1. The van der Waals surface area contributed by atoms with Gasteiger partial charge in [0, 0.05) is 30.9 Å². The van der Waals surface area contributed by atoms with Crippen LogP contribution >= 0.6 is 11.3 Å². The molecule has 8 heteroatoms. The zero-order valence-corrected chi connectivity index (χ0v) is 19.3. The van der Waals surface area contributed by atoms with E-state index in [9.17, 15) is 9.59 Å². The van der Waals surface area contributed by atoms with Crippen LogP contribution < -0.4 is 10.1 Å². The number of hydrogen-bond acceptors (Lipinski definition) is 6. The molecule has 1 aromatic carbocycles. The first-order valence-corrected chi connectivity index (χ1v) is 12.5. The van der Waals surface area contributed by atoms with Crippen LogP contribution in [0.2, 0.25) is 0 Å². The number of ether oxygens (including phenoxy) is 1. The normalized spacial score (nSPS) is 17.8. The third kappa shape index (κ3) is 6.53. The van der Waals surface area contributed by atoms with Crippen LogP contribution in [0.15, 0.2) is 35.7 Å². The zero-order valence-electron chi connectivity index (χ0n) is 18.5. The molecule has 0 radical (unpaired) electrons. The molecule has 3 heterocycles. The Morgan fingerprint density at radius 3 is 2.56 bits per heavy atom. The van der Waals surface area contributed by atoms with Crippen molar-refractivity contribution in [1.82, 2.24) is 14.8 Å². The van der Waals surface area contributed by atoms with Crippen molar-refractivity contribution in [2.45, 2.75) is 45.1 Å². The minimum Gasteiger partial charge on any atom is -0.493 e. The van der Waals surface area contributed by atoms with E-state index in [4.69, 9.17) is 4.74 Å². The Morgan fingerprint density at radius 2 is 1.81 bits per heavy atom. The van der Waals surface area contributed by atoms with Gasteiger partial charge in [0.05, 0.1) is 18.7 Å². The maximum Gasteiger partial charge on any atom is 0.229 e. The number of para-hydroxylation sites is 1. The molecule has 4 rings (SSSR count). The summed E-state index contributed by atoms with van der Waals surface area (Å²) in [6.45, 7) is 4.72. The molecule has 2 fully saturated rings. The standard InChI is InChI=1S/C24H32N4O3S/c29-22(11-16-31-21-7-3-1-4-8-21)28-14-9-19(10-15-28)23(30)26-24-25-20(18-32-24)17-27-12-5-2-6-13-27/h1,3-4,7-8,18-19H,2,5-6,9-17H2,(H,25,26,30). The Bertz CT molecular complexity index is 874. The first-order valence-electron chi connectivity index (χ1n) is 11.6.